The van der Waals surface area contributed by atoms with E-state index in [9.17, 15) is 0 Å². The van der Waals surface area contributed by atoms with Crippen LogP contribution in [-0.2, 0) is 9.47 Å². The van der Waals surface area contributed by atoms with Gasteiger partial charge in [0.25, 0.3) is 0 Å². The molecule has 3 nitrogen and oxygen atoms in total. The van der Waals surface area contributed by atoms with Crippen LogP contribution in [0.1, 0.15) is 32.6 Å². The van der Waals surface area contributed by atoms with Crippen LogP contribution in [0.25, 0.3) is 0 Å². The summed E-state index contributed by atoms with van der Waals surface area (Å²) in [6.07, 6.45) is 9.22. The minimum atomic E-state index is -0.107. The standard InChI is InChI=1S/C13H25NO2/c1-12(14-10-5-4-6-11-14)8-7-9-13(15-2)16-3/h7-8,12-13H,4-6,9-11H2,1-3H3. The smallest absolute Gasteiger partial charge is 0.160 e. The van der Waals surface area contributed by atoms with E-state index in [0.29, 0.717) is 6.04 Å². The van der Waals surface area contributed by atoms with Crippen LogP contribution in [-0.4, -0.2) is 44.5 Å². The van der Waals surface area contributed by atoms with Crippen LogP contribution in [0.3, 0.4) is 0 Å². The molecule has 0 N–H and O–H groups in total. The first kappa shape index (κ1) is 13.7. The van der Waals surface area contributed by atoms with Gasteiger partial charge in [-0.3, -0.25) is 4.90 Å². The third kappa shape index (κ3) is 4.64. The van der Waals surface area contributed by atoms with E-state index >= 15 is 0 Å². The van der Waals surface area contributed by atoms with E-state index in [4.69, 9.17) is 9.47 Å². The molecule has 1 aliphatic rings. The summed E-state index contributed by atoms with van der Waals surface area (Å²) in [5.74, 6) is 0. The highest BCUT2D eigenvalue weighted by Crippen LogP contribution is 2.13. The van der Waals surface area contributed by atoms with E-state index in [2.05, 4.69) is 24.0 Å². The number of methoxy groups -OCH3 is 2. The first-order valence-corrected chi connectivity index (χ1v) is 6.24. The second kappa shape index (κ2) is 7.82. The topological polar surface area (TPSA) is 21.7 Å². The van der Waals surface area contributed by atoms with Crippen LogP contribution in [0.5, 0.6) is 0 Å². The Kier molecular flexibility index (Phi) is 6.69. The Morgan fingerprint density at radius 3 is 2.31 bits per heavy atom. The molecule has 94 valence electrons. The van der Waals surface area contributed by atoms with E-state index in [1.165, 1.54) is 32.4 Å². The summed E-state index contributed by atoms with van der Waals surface area (Å²) in [4.78, 5) is 2.54. The molecule has 1 atom stereocenters. The summed E-state index contributed by atoms with van der Waals surface area (Å²) in [6, 6.07) is 0.537. The molecule has 0 amide bonds. The number of hydrogen-bond donors (Lipinski definition) is 0. The monoisotopic (exact) mass is 227 g/mol. The van der Waals surface area contributed by atoms with Crippen molar-refractivity contribution in [3.8, 4) is 0 Å². The zero-order valence-corrected chi connectivity index (χ0v) is 10.8. The summed E-state index contributed by atoms with van der Waals surface area (Å²) in [7, 11) is 3.35. The van der Waals surface area contributed by atoms with Crippen molar-refractivity contribution in [1.29, 1.82) is 0 Å². The normalized spacial score (nSPS) is 20.8. The maximum absolute atomic E-state index is 5.14. The lowest BCUT2D eigenvalue weighted by Gasteiger charge is -2.30. The Morgan fingerprint density at radius 1 is 1.12 bits per heavy atom. The van der Waals surface area contributed by atoms with Gasteiger partial charge in [0, 0.05) is 26.7 Å². The molecule has 0 aromatic rings. The van der Waals surface area contributed by atoms with Crippen LogP contribution >= 0.6 is 0 Å². The lowest BCUT2D eigenvalue weighted by Crippen LogP contribution is -2.36. The van der Waals surface area contributed by atoms with Crippen molar-refractivity contribution in [2.75, 3.05) is 27.3 Å². The zero-order valence-electron chi connectivity index (χ0n) is 10.8. The SMILES string of the molecule is COC(CC=CC(C)N1CCCCC1)OC. The second-order valence-electron chi connectivity index (χ2n) is 4.40. The van der Waals surface area contributed by atoms with Gasteiger partial charge in [-0.2, -0.15) is 0 Å². The van der Waals surface area contributed by atoms with Gasteiger partial charge >= 0.3 is 0 Å². The van der Waals surface area contributed by atoms with Crippen LogP contribution in [0.15, 0.2) is 12.2 Å². The third-order valence-electron chi connectivity index (χ3n) is 3.24. The molecule has 0 radical (unpaired) electrons. The zero-order chi connectivity index (χ0) is 11.8. The third-order valence-corrected chi connectivity index (χ3v) is 3.24. The van der Waals surface area contributed by atoms with Crippen LogP contribution < -0.4 is 0 Å². The molecule has 1 saturated heterocycles. The number of ether oxygens (including phenoxy) is 2. The van der Waals surface area contributed by atoms with Crippen molar-refractivity contribution in [3.63, 3.8) is 0 Å². The summed E-state index contributed by atoms with van der Waals surface area (Å²) in [5, 5.41) is 0. The van der Waals surface area contributed by atoms with Crippen molar-refractivity contribution in [1.82, 2.24) is 4.90 Å². The van der Waals surface area contributed by atoms with Gasteiger partial charge in [0.1, 0.15) is 0 Å². The minimum absolute atomic E-state index is 0.107. The fourth-order valence-electron chi connectivity index (χ4n) is 2.12. The average molecular weight is 227 g/mol. The molecule has 0 aromatic heterocycles. The van der Waals surface area contributed by atoms with E-state index in [1.807, 2.05) is 0 Å². The highest BCUT2D eigenvalue weighted by atomic mass is 16.7. The van der Waals surface area contributed by atoms with E-state index in [1.54, 1.807) is 14.2 Å². The lowest BCUT2D eigenvalue weighted by molar-refractivity contribution is -0.0986. The van der Waals surface area contributed by atoms with Gasteiger partial charge in [-0.15, -0.1) is 0 Å². The Labute approximate surface area is 99.4 Å². The van der Waals surface area contributed by atoms with Crippen LogP contribution in [0.2, 0.25) is 0 Å². The quantitative estimate of drug-likeness (QED) is 0.514. The molecule has 16 heavy (non-hydrogen) atoms. The maximum Gasteiger partial charge on any atom is 0.160 e. The Hall–Kier alpha value is -0.380. The first-order valence-electron chi connectivity index (χ1n) is 6.24. The van der Waals surface area contributed by atoms with Crippen molar-refractivity contribution in [3.05, 3.63) is 12.2 Å². The fourth-order valence-corrected chi connectivity index (χ4v) is 2.12. The van der Waals surface area contributed by atoms with Crippen molar-refractivity contribution in [2.45, 2.75) is 44.9 Å². The lowest BCUT2D eigenvalue weighted by atomic mass is 10.1. The number of likely N-dealkylation sites (tertiary alicyclic amines) is 1. The van der Waals surface area contributed by atoms with Gasteiger partial charge < -0.3 is 9.47 Å². The summed E-state index contributed by atoms with van der Waals surface area (Å²) < 4.78 is 10.3. The Bertz CT molecular complexity index is 196. The predicted octanol–water partition coefficient (Wildman–Crippen LogP) is 2.43. The van der Waals surface area contributed by atoms with Crippen LogP contribution in [0.4, 0.5) is 0 Å². The average Bonchev–Trinajstić information content (AvgIpc) is 2.35. The number of nitrogens with zero attached hydrogens (tertiary/aromatic N) is 1. The molecular weight excluding hydrogens is 202 g/mol. The highest BCUT2D eigenvalue weighted by molar-refractivity contribution is 4.93. The van der Waals surface area contributed by atoms with E-state index < -0.39 is 0 Å². The molecule has 1 unspecified atom stereocenters. The Balaban J connectivity index is 2.26. The fraction of sp³-hybridized carbons (Fsp3) is 0.846. The molecule has 1 heterocycles. The summed E-state index contributed by atoms with van der Waals surface area (Å²) in [6.45, 7) is 4.74. The van der Waals surface area contributed by atoms with Crippen molar-refractivity contribution >= 4 is 0 Å². The van der Waals surface area contributed by atoms with E-state index in [0.717, 1.165) is 6.42 Å². The molecule has 1 fully saturated rings. The highest BCUT2D eigenvalue weighted by Gasteiger charge is 2.14. The molecule has 0 aliphatic carbocycles. The van der Waals surface area contributed by atoms with Crippen LogP contribution in [0, 0.1) is 0 Å². The molecular formula is C13H25NO2. The molecule has 3 heteroatoms. The van der Waals surface area contributed by atoms with Gasteiger partial charge in [0.05, 0.1) is 0 Å². The van der Waals surface area contributed by atoms with Gasteiger partial charge in [-0.1, -0.05) is 18.6 Å². The van der Waals surface area contributed by atoms with Gasteiger partial charge in [-0.05, 0) is 32.9 Å². The summed E-state index contributed by atoms with van der Waals surface area (Å²) in [5.41, 5.74) is 0. The molecule has 0 spiro atoms. The second-order valence-corrected chi connectivity index (χ2v) is 4.40. The van der Waals surface area contributed by atoms with Gasteiger partial charge in [-0.25, -0.2) is 0 Å². The molecule has 1 rings (SSSR count). The molecule has 0 saturated carbocycles. The summed E-state index contributed by atoms with van der Waals surface area (Å²) >= 11 is 0. The van der Waals surface area contributed by atoms with Gasteiger partial charge in [0.15, 0.2) is 6.29 Å². The molecule has 1 aliphatic heterocycles. The maximum atomic E-state index is 5.14. The van der Waals surface area contributed by atoms with Gasteiger partial charge in [0.2, 0.25) is 0 Å². The number of hydrogen-bond acceptors (Lipinski definition) is 3. The van der Waals surface area contributed by atoms with Crippen molar-refractivity contribution in [2.24, 2.45) is 0 Å². The molecule has 0 bridgehead atoms. The first-order chi connectivity index (χ1) is 7.77. The number of rotatable bonds is 6. The minimum Gasteiger partial charge on any atom is -0.356 e. The predicted molar refractivity (Wildman–Crippen MR) is 66.4 cm³/mol. The van der Waals surface area contributed by atoms with E-state index in [-0.39, 0.29) is 6.29 Å². The Morgan fingerprint density at radius 2 is 1.75 bits per heavy atom. The molecule has 0 aromatic carbocycles. The largest absolute Gasteiger partial charge is 0.356 e. The van der Waals surface area contributed by atoms with Crippen molar-refractivity contribution < 1.29 is 9.47 Å². The number of piperidine rings is 1.